The van der Waals surface area contributed by atoms with Gasteiger partial charge >= 0.3 is 11.7 Å². The van der Waals surface area contributed by atoms with Crippen LogP contribution in [-0.2, 0) is 18.4 Å². The number of aromatic nitrogens is 3. The van der Waals surface area contributed by atoms with Gasteiger partial charge in [0.2, 0.25) is 0 Å². The van der Waals surface area contributed by atoms with E-state index < -0.39 is 5.97 Å². The Balaban J connectivity index is 2.84. The van der Waals surface area contributed by atoms with E-state index in [2.05, 4.69) is 5.10 Å². The van der Waals surface area contributed by atoms with Gasteiger partial charge < -0.3 is 5.11 Å². The molecule has 0 bridgehead atoms. The quantitative estimate of drug-likeness (QED) is 0.711. The van der Waals surface area contributed by atoms with Crippen LogP contribution in [0.3, 0.4) is 0 Å². The van der Waals surface area contributed by atoms with E-state index >= 15 is 0 Å². The molecule has 0 radical (unpaired) electrons. The molecule has 0 aliphatic rings. The van der Waals surface area contributed by atoms with Crippen LogP contribution in [0.1, 0.15) is 13.3 Å². The number of allylic oxidation sites excluding steroid dienone is 1. The summed E-state index contributed by atoms with van der Waals surface area (Å²) in [6.45, 7) is 1.94. The third kappa shape index (κ3) is 2.55. The second-order valence-electron chi connectivity index (χ2n) is 3.09. The van der Waals surface area contributed by atoms with Crippen LogP contribution in [0.25, 0.3) is 0 Å². The summed E-state index contributed by atoms with van der Waals surface area (Å²) in [5.41, 5.74) is 0.0274. The minimum atomic E-state index is -0.957. The number of hydrogen-bond acceptors (Lipinski definition) is 3. The van der Waals surface area contributed by atoms with Crippen LogP contribution in [0.2, 0.25) is 0 Å². The standard InChI is InChI=1S/C9H13N3O3/c1-3-7(8(13)14)4-5-12-9(15)11(2)6-10-12/h4,6H,3,5H2,1-2H3,(H,13,14). The van der Waals surface area contributed by atoms with E-state index in [4.69, 9.17) is 5.11 Å². The molecule has 1 heterocycles. The summed E-state index contributed by atoms with van der Waals surface area (Å²) in [6, 6.07) is 0. The van der Waals surface area contributed by atoms with Crippen LogP contribution >= 0.6 is 0 Å². The molecule has 1 rings (SSSR count). The van der Waals surface area contributed by atoms with Gasteiger partial charge in [-0.15, -0.1) is 0 Å². The maximum atomic E-state index is 11.3. The van der Waals surface area contributed by atoms with Gasteiger partial charge in [0, 0.05) is 12.6 Å². The van der Waals surface area contributed by atoms with E-state index in [1.54, 1.807) is 14.0 Å². The zero-order chi connectivity index (χ0) is 11.4. The largest absolute Gasteiger partial charge is 0.478 e. The van der Waals surface area contributed by atoms with Crippen molar-refractivity contribution in [3.8, 4) is 0 Å². The smallest absolute Gasteiger partial charge is 0.345 e. The van der Waals surface area contributed by atoms with E-state index in [0.717, 1.165) is 0 Å². The normalized spacial score (nSPS) is 11.7. The number of carboxylic acid groups (broad SMARTS) is 1. The predicted molar refractivity (Wildman–Crippen MR) is 53.5 cm³/mol. The number of carboxylic acids is 1. The summed E-state index contributed by atoms with van der Waals surface area (Å²) < 4.78 is 2.54. The summed E-state index contributed by atoms with van der Waals surface area (Å²) in [4.78, 5) is 22.0. The minimum Gasteiger partial charge on any atom is -0.478 e. The lowest BCUT2D eigenvalue weighted by molar-refractivity contribution is -0.132. The molecular formula is C9H13N3O3. The van der Waals surface area contributed by atoms with Crippen LogP contribution in [0.5, 0.6) is 0 Å². The number of nitrogens with zero attached hydrogens (tertiary/aromatic N) is 3. The van der Waals surface area contributed by atoms with E-state index in [9.17, 15) is 9.59 Å². The van der Waals surface area contributed by atoms with E-state index in [-0.39, 0.29) is 17.8 Å². The average molecular weight is 211 g/mol. The molecule has 0 spiro atoms. The van der Waals surface area contributed by atoms with Crippen LogP contribution in [0.4, 0.5) is 0 Å². The lowest BCUT2D eigenvalue weighted by Gasteiger charge is -1.97. The second-order valence-corrected chi connectivity index (χ2v) is 3.09. The van der Waals surface area contributed by atoms with Gasteiger partial charge in [-0.25, -0.2) is 14.3 Å². The fraction of sp³-hybridized carbons (Fsp3) is 0.444. The van der Waals surface area contributed by atoms with Crippen molar-refractivity contribution in [3.05, 3.63) is 28.5 Å². The molecule has 1 N–H and O–H groups in total. The molecule has 0 saturated heterocycles. The van der Waals surface area contributed by atoms with E-state index in [1.807, 2.05) is 0 Å². The summed E-state index contributed by atoms with van der Waals surface area (Å²) >= 11 is 0. The molecular weight excluding hydrogens is 198 g/mol. The predicted octanol–water partition coefficient (Wildman–Crippen LogP) is 0.00280. The minimum absolute atomic E-state index is 0.190. The highest BCUT2D eigenvalue weighted by Gasteiger charge is 2.05. The highest BCUT2D eigenvalue weighted by atomic mass is 16.4. The highest BCUT2D eigenvalue weighted by molar-refractivity contribution is 5.86. The van der Waals surface area contributed by atoms with Crippen LogP contribution < -0.4 is 5.69 Å². The van der Waals surface area contributed by atoms with Crippen molar-refractivity contribution < 1.29 is 9.90 Å². The van der Waals surface area contributed by atoms with Gasteiger partial charge in [0.1, 0.15) is 6.33 Å². The van der Waals surface area contributed by atoms with Gasteiger partial charge in [-0.2, -0.15) is 5.10 Å². The second kappa shape index (κ2) is 4.59. The van der Waals surface area contributed by atoms with Gasteiger partial charge in [0.15, 0.2) is 0 Å². The summed E-state index contributed by atoms with van der Waals surface area (Å²) in [5.74, 6) is -0.957. The molecule has 0 amide bonds. The SMILES string of the molecule is CCC(=CCn1ncn(C)c1=O)C(=O)O. The first-order chi connectivity index (χ1) is 7.06. The fourth-order valence-electron chi connectivity index (χ4n) is 1.13. The molecule has 0 unspecified atom stereocenters. The molecule has 82 valence electrons. The van der Waals surface area contributed by atoms with Crippen LogP contribution in [0.15, 0.2) is 22.8 Å². The number of hydrogen-bond donors (Lipinski definition) is 1. The average Bonchev–Trinajstić information content (AvgIpc) is 2.49. The number of aliphatic carboxylic acids is 1. The summed E-state index contributed by atoms with van der Waals surface area (Å²) in [5, 5.41) is 12.6. The van der Waals surface area contributed by atoms with Gasteiger partial charge in [-0.1, -0.05) is 13.0 Å². The molecule has 0 aliphatic carbocycles. The Morgan fingerprint density at radius 3 is 2.73 bits per heavy atom. The van der Waals surface area contributed by atoms with E-state index in [1.165, 1.54) is 21.7 Å². The monoisotopic (exact) mass is 211 g/mol. The van der Waals surface area contributed by atoms with Crippen molar-refractivity contribution in [2.45, 2.75) is 19.9 Å². The molecule has 0 aliphatic heterocycles. The lowest BCUT2D eigenvalue weighted by atomic mass is 10.2. The maximum absolute atomic E-state index is 11.3. The Labute approximate surface area is 86.5 Å². The third-order valence-electron chi connectivity index (χ3n) is 2.05. The van der Waals surface area contributed by atoms with Crippen molar-refractivity contribution in [1.29, 1.82) is 0 Å². The molecule has 0 fully saturated rings. The molecule has 0 saturated carbocycles. The highest BCUT2D eigenvalue weighted by Crippen LogP contribution is 2.00. The first-order valence-electron chi connectivity index (χ1n) is 4.57. The van der Waals surface area contributed by atoms with Crippen molar-refractivity contribution in [3.63, 3.8) is 0 Å². The fourth-order valence-corrected chi connectivity index (χ4v) is 1.13. The van der Waals surface area contributed by atoms with Crippen LogP contribution in [0, 0.1) is 0 Å². The maximum Gasteiger partial charge on any atom is 0.345 e. The van der Waals surface area contributed by atoms with Gasteiger partial charge in [-0.05, 0) is 6.42 Å². The zero-order valence-electron chi connectivity index (χ0n) is 8.67. The molecule has 1 aromatic heterocycles. The number of aryl methyl sites for hydroxylation is 1. The molecule has 1 aromatic rings. The van der Waals surface area contributed by atoms with E-state index in [0.29, 0.717) is 6.42 Å². The lowest BCUT2D eigenvalue weighted by Crippen LogP contribution is -2.22. The van der Waals surface area contributed by atoms with Crippen molar-refractivity contribution >= 4 is 5.97 Å². The van der Waals surface area contributed by atoms with Gasteiger partial charge in [-0.3, -0.25) is 4.57 Å². The van der Waals surface area contributed by atoms with Gasteiger partial charge in [0.25, 0.3) is 0 Å². The molecule has 0 atom stereocenters. The Morgan fingerprint density at radius 1 is 1.67 bits per heavy atom. The Kier molecular flexibility index (Phi) is 3.43. The van der Waals surface area contributed by atoms with Crippen molar-refractivity contribution in [2.24, 2.45) is 7.05 Å². The summed E-state index contributed by atoms with van der Waals surface area (Å²) in [7, 11) is 1.59. The number of carbonyl (C=O) groups is 1. The zero-order valence-corrected chi connectivity index (χ0v) is 8.67. The van der Waals surface area contributed by atoms with Gasteiger partial charge in [0.05, 0.1) is 6.54 Å². The first kappa shape index (κ1) is 11.2. The first-order valence-corrected chi connectivity index (χ1v) is 4.57. The molecule has 0 aromatic carbocycles. The topological polar surface area (TPSA) is 77.1 Å². The molecule has 6 heteroatoms. The third-order valence-corrected chi connectivity index (χ3v) is 2.05. The molecule has 6 nitrogen and oxygen atoms in total. The summed E-state index contributed by atoms with van der Waals surface area (Å²) in [6.07, 6.45) is 3.32. The number of rotatable bonds is 4. The van der Waals surface area contributed by atoms with Crippen LogP contribution in [-0.4, -0.2) is 25.4 Å². The van der Waals surface area contributed by atoms with Crippen molar-refractivity contribution in [2.75, 3.05) is 0 Å². The Bertz CT molecular complexity index is 442. The Hall–Kier alpha value is -1.85. The van der Waals surface area contributed by atoms with Crippen molar-refractivity contribution in [1.82, 2.24) is 14.3 Å². The Morgan fingerprint density at radius 2 is 2.33 bits per heavy atom. The molecule has 15 heavy (non-hydrogen) atoms.